The van der Waals surface area contributed by atoms with Gasteiger partial charge in [0.25, 0.3) is 0 Å². The zero-order valence-corrected chi connectivity index (χ0v) is 16.1. The van der Waals surface area contributed by atoms with Gasteiger partial charge in [-0.3, -0.25) is 19.4 Å². The van der Waals surface area contributed by atoms with Crippen molar-refractivity contribution >= 4 is 0 Å². The lowest BCUT2D eigenvalue weighted by Crippen LogP contribution is -2.33. The van der Waals surface area contributed by atoms with E-state index in [0.717, 1.165) is 55.4 Å². The summed E-state index contributed by atoms with van der Waals surface area (Å²) in [7, 11) is 1.83. The monoisotopic (exact) mass is 369 g/mol. The Labute approximate surface area is 158 Å². The number of nitrogens with zero attached hydrogens (tertiary/aromatic N) is 6. The Hall–Kier alpha value is -2.45. The van der Waals surface area contributed by atoms with Crippen molar-refractivity contribution < 1.29 is 5.11 Å². The van der Waals surface area contributed by atoms with E-state index in [0.29, 0.717) is 11.6 Å². The van der Waals surface area contributed by atoms with E-state index in [4.69, 9.17) is 0 Å². The van der Waals surface area contributed by atoms with Crippen molar-refractivity contribution in [2.45, 2.75) is 46.0 Å². The first-order valence-corrected chi connectivity index (χ1v) is 9.47. The van der Waals surface area contributed by atoms with Gasteiger partial charge in [0.15, 0.2) is 0 Å². The molecule has 144 valence electrons. The topological polar surface area (TPSA) is 87.8 Å². The zero-order valence-electron chi connectivity index (χ0n) is 16.1. The van der Waals surface area contributed by atoms with Gasteiger partial charge in [-0.05, 0) is 30.5 Å². The fraction of sp³-hybridized carbons (Fsp3) is 0.526. The first-order chi connectivity index (χ1) is 13.0. The van der Waals surface area contributed by atoms with Crippen molar-refractivity contribution in [3.8, 4) is 0 Å². The molecule has 0 amide bonds. The molecule has 1 aliphatic rings. The van der Waals surface area contributed by atoms with E-state index in [1.807, 2.05) is 23.9 Å². The molecule has 1 unspecified atom stereocenters. The summed E-state index contributed by atoms with van der Waals surface area (Å²) in [5.41, 5.74) is 4.82. The molecule has 0 aromatic carbocycles. The molecule has 8 nitrogen and oxygen atoms in total. The fourth-order valence-corrected chi connectivity index (χ4v) is 3.67. The first-order valence-electron chi connectivity index (χ1n) is 9.47. The van der Waals surface area contributed by atoms with E-state index < -0.39 is 6.10 Å². The Kier molecular flexibility index (Phi) is 4.84. The molecule has 8 heteroatoms. The minimum absolute atomic E-state index is 0.606. The quantitative estimate of drug-likeness (QED) is 0.690. The second-order valence-electron chi connectivity index (χ2n) is 7.76. The standard InChI is InChI=1S/C19H27N7O/c1-13(2)8-14-9-15(22-21-14)11-25-6-7-26-16(12-25)10-17(23-26)19(27)18-4-5-20-24(18)3/h4-5,9-10,13,19,27H,6-8,11-12H2,1-3H3,(H,21,22). The number of fused-ring (bicyclic) bond motifs is 1. The second kappa shape index (κ2) is 7.28. The van der Waals surface area contributed by atoms with Gasteiger partial charge in [0.1, 0.15) is 6.10 Å². The smallest absolute Gasteiger partial charge is 0.139 e. The third-order valence-corrected chi connectivity index (χ3v) is 5.01. The number of aliphatic hydroxyl groups excluding tert-OH is 1. The van der Waals surface area contributed by atoms with Gasteiger partial charge in [-0.2, -0.15) is 15.3 Å². The molecule has 0 spiro atoms. The summed E-state index contributed by atoms with van der Waals surface area (Å²) in [5.74, 6) is 0.606. The lowest BCUT2D eigenvalue weighted by atomic mass is 10.1. The number of aliphatic hydroxyl groups is 1. The van der Waals surface area contributed by atoms with Crippen LogP contribution in [0, 0.1) is 5.92 Å². The Morgan fingerprint density at radius 2 is 2.11 bits per heavy atom. The Bertz CT molecular complexity index is 907. The highest BCUT2D eigenvalue weighted by Crippen LogP contribution is 2.23. The molecule has 4 rings (SSSR count). The largest absolute Gasteiger partial charge is 0.380 e. The maximum Gasteiger partial charge on any atom is 0.139 e. The average Bonchev–Trinajstić information content (AvgIpc) is 3.33. The van der Waals surface area contributed by atoms with Crippen LogP contribution in [0.5, 0.6) is 0 Å². The molecule has 0 aliphatic carbocycles. The van der Waals surface area contributed by atoms with Gasteiger partial charge < -0.3 is 5.11 Å². The first kappa shape index (κ1) is 17.9. The van der Waals surface area contributed by atoms with Crippen LogP contribution in [0.1, 0.15) is 48.4 Å². The fourth-order valence-electron chi connectivity index (χ4n) is 3.67. The van der Waals surface area contributed by atoms with Crippen LogP contribution in [0.4, 0.5) is 0 Å². The molecule has 1 aliphatic heterocycles. The van der Waals surface area contributed by atoms with Gasteiger partial charge in [0, 0.05) is 38.6 Å². The van der Waals surface area contributed by atoms with Gasteiger partial charge in [-0.25, -0.2) is 0 Å². The Morgan fingerprint density at radius 3 is 2.85 bits per heavy atom. The molecule has 0 bridgehead atoms. The number of aryl methyl sites for hydroxylation is 1. The highest BCUT2D eigenvalue weighted by Gasteiger charge is 2.23. The summed E-state index contributed by atoms with van der Waals surface area (Å²) in [5, 5.41) is 26.9. The van der Waals surface area contributed by atoms with E-state index in [1.165, 1.54) is 0 Å². The van der Waals surface area contributed by atoms with E-state index >= 15 is 0 Å². The minimum Gasteiger partial charge on any atom is -0.380 e. The number of rotatable bonds is 6. The number of hydrogen-bond acceptors (Lipinski definition) is 5. The van der Waals surface area contributed by atoms with E-state index in [9.17, 15) is 5.11 Å². The Balaban J connectivity index is 1.43. The molecular formula is C19H27N7O. The SMILES string of the molecule is CC(C)Cc1cc(CN2CCn3nc(C(O)c4ccnn4C)cc3C2)[nH]n1. The summed E-state index contributed by atoms with van der Waals surface area (Å²) >= 11 is 0. The van der Waals surface area contributed by atoms with Crippen LogP contribution in [0.15, 0.2) is 24.4 Å². The van der Waals surface area contributed by atoms with Crippen molar-refractivity contribution in [3.05, 3.63) is 52.9 Å². The highest BCUT2D eigenvalue weighted by atomic mass is 16.3. The van der Waals surface area contributed by atoms with Crippen LogP contribution >= 0.6 is 0 Å². The van der Waals surface area contributed by atoms with Gasteiger partial charge >= 0.3 is 0 Å². The predicted molar refractivity (Wildman–Crippen MR) is 101 cm³/mol. The van der Waals surface area contributed by atoms with Gasteiger partial charge in [-0.1, -0.05) is 13.8 Å². The molecule has 1 atom stereocenters. The van der Waals surface area contributed by atoms with Crippen LogP contribution in [-0.4, -0.2) is 46.3 Å². The number of hydrogen-bond donors (Lipinski definition) is 2. The molecule has 0 saturated heterocycles. The molecule has 3 aromatic heterocycles. The summed E-state index contributed by atoms with van der Waals surface area (Å²) < 4.78 is 3.69. The number of aromatic nitrogens is 6. The van der Waals surface area contributed by atoms with E-state index in [2.05, 4.69) is 45.2 Å². The van der Waals surface area contributed by atoms with Crippen molar-refractivity contribution in [2.24, 2.45) is 13.0 Å². The van der Waals surface area contributed by atoms with Crippen LogP contribution < -0.4 is 0 Å². The summed E-state index contributed by atoms with van der Waals surface area (Å²) in [4.78, 5) is 2.38. The Morgan fingerprint density at radius 1 is 1.26 bits per heavy atom. The molecule has 0 radical (unpaired) electrons. The third-order valence-electron chi connectivity index (χ3n) is 5.01. The van der Waals surface area contributed by atoms with Crippen molar-refractivity contribution in [3.63, 3.8) is 0 Å². The van der Waals surface area contributed by atoms with Crippen molar-refractivity contribution in [2.75, 3.05) is 6.54 Å². The lowest BCUT2D eigenvalue weighted by Gasteiger charge is -2.26. The molecule has 27 heavy (non-hydrogen) atoms. The maximum absolute atomic E-state index is 10.6. The molecule has 3 aromatic rings. The summed E-state index contributed by atoms with van der Waals surface area (Å²) in [6.45, 7) is 7.81. The lowest BCUT2D eigenvalue weighted by molar-refractivity contribution is 0.195. The summed E-state index contributed by atoms with van der Waals surface area (Å²) in [6, 6.07) is 5.99. The average molecular weight is 369 g/mol. The van der Waals surface area contributed by atoms with Crippen LogP contribution in [0.25, 0.3) is 0 Å². The molecule has 2 N–H and O–H groups in total. The van der Waals surface area contributed by atoms with Crippen LogP contribution in [0.2, 0.25) is 0 Å². The third kappa shape index (κ3) is 3.81. The van der Waals surface area contributed by atoms with E-state index in [-0.39, 0.29) is 0 Å². The minimum atomic E-state index is -0.754. The van der Waals surface area contributed by atoms with Gasteiger partial charge in [0.2, 0.25) is 0 Å². The second-order valence-corrected chi connectivity index (χ2v) is 7.76. The zero-order chi connectivity index (χ0) is 19.0. The maximum atomic E-state index is 10.6. The van der Waals surface area contributed by atoms with Crippen LogP contribution in [0.3, 0.4) is 0 Å². The van der Waals surface area contributed by atoms with Crippen molar-refractivity contribution in [1.82, 2.24) is 34.7 Å². The van der Waals surface area contributed by atoms with Crippen molar-refractivity contribution in [1.29, 1.82) is 0 Å². The molecule has 0 saturated carbocycles. The predicted octanol–water partition coefficient (Wildman–Crippen LogP) is 1.64. The molecular weight excluding hydrogens is 342 g/mol. The normalized spacial score (nSPS) is 16.0. The molecule has 0 fully saturated rings. The number of aromatic amines is 1. The number of nitrogens with one attached hydrogen (secondary N) is 1. The van der Waals surface area contributed by atoms with E-state index in [1.54, 1.807) is 10.9 Å². The highest BCUT2D eigenvalue weighted by molar-refractivity contribution is 5.22. The number of H-pyrrole nitrogens is 1. The van der Waals surface area contributed by atoms with Gasteiger partial charge in [-0.15, -0.1) is 0 Å². The van der Waals surface area contributed by atoms with Gasteiger partial charge in [0.05, 0.1) is 29.3 Å². The van der Waals surface area contributed by atoms with Crippen LogP contribution in [-0.2, 0) is 33.1 Å². The molecule has 4 heterocycles. The summed E-state index contributed by atoms with van der Waals surface area (Å²) in [6.07, 6.45) is 1.93.